The fourth-order valence-corrected chi connectivity index (χ4v) is 4.18. The third-order valence-corrected chi connectivity index (χ3v) is 5.52. The molecule has 1 unspecified atom stereocenters. The Morgan fingerprint density at radius 1 is 1.63 bits per heavy atom. The Morgan fingerprint density at radius 2 is 2.26 bits per heavy atom. The minimum absolute atomic E-state index is 0.107. The van der Waals surface area contributed by atoms with Crippen molar-refractivity contribution in [2.45, 2.75) is 18.6 Å². The van der Waals surface area contributed by atoms with Crippen LogP contribution in [0.3, 0.4) is 0 Å². The molecule has 6 nitrogen and oxygen atoms in total. The predicted molar refractivity (Wildman–Crippen MR) is 79.1 cm³/mol. The first-order valence-corrected chi connectivity index (χ1v) is 8.13. The van der Waals surface area contributed by atoms with Crippen LogP contribution in [0, 0.1) is 0 Å². The average Bonchev–Trinajstić information content (AvgIpc) is 2.75. The van der Waals surface area contributed by atoms with Crippen molar-refractivity contribution in [3.63, 3.8) is 0 Å². The van der Waals surface area contributed by atoms with Crippen LogP contribution in [-0.4, -0.2) is 31.7 Å². The van der Waals surface area contributed by atoms with E-state index >= 15 is 0 Å². The third-order valence-electron chi connectivity index (χ3n) is 2.35. The molecule has 1 rings (SSSR count). The number of anilines is 1. The molecule has 1 aromatic heterocycles. The molecule has 0 fully saturated rings. The van der Waals surface area contributed by atoms with Crippen LogP contribution in [0.4, 0.5) is 5.69 Å². The van der Waals surface area contributed by atoms with E-state index in [1.54, 1.807) is 12.3 Å². The number of rotatable bonds is 6. The van der Waals surface area contributed by atoms with Crippen LogP contribution in [0.15, 0.2) is 11.4 Å². The standard InChI is InChI=1S/C10H14N2O4S3/c1-3-7(9(11)17)19(14,15)12-6-4-5-18-8(6)10(13)16-2/h4-5,7,12H,3H2,1-2H3,(H2,11,17). The van der Waals surface area contributed by atoms with Gasteiger partial charge in [-0.05, 0) is 17.9 Å². The van der Waals surface area contributed by atoms with Crippen LogP contribution in [0.1, 0.15) is 23.0 Å². The molecule has 0 aromatic carbocycles. The number of sulfonamides is 1. The molecule has 0 spiro atoms. The zero-order valence-electron chi connectivity index (χ0n) is 10.4. The number of thiocarbonyl (C=S) groups is 1. The summed E-state index contributed by atoms with van der Waals surface area (Å²) in [5.41, 5.74) is 5.58. The molecule has 106 valence electrons. The van der Waals surface area contributed by atoms with Crippen molar-refractivity contribution in [3.8, 4) is 0 Å². The first-order valence-electron chi connectivity index (χ1n) is 5.30. The van der Waals surface area contributed by atoms with Crippen LogP contribution in [-0.2, 0) is 14.8 Å². The van der Waals surface area contributed by atoms with Gasteiger partial charge in [0.2, 0.25) is 10.0 Å². The highest BCUT2D eigenvalue weighted by atomic mass is 32.2. The predicted octanol–water partition coefficient (Wildman–Crippen LogP) is 1.34. The number of ether oxygens (including phenoxy) is 1. The number of methoxy groups -OCH3 is 1. The van der Waals surface area contributed by atoms with E-state index in [-0.39, 0.29) is 22.0 Å². The van der Waals surface area contributed by atoms with Gasteiger partial charge in [-0.15, -0.1) is 11.3 Å². The minimum atomic E-state index is -3.78. The SMILES string of the molecule is CCC(C(N)=S)S(=O)(=O)Nc1ccsc1C(=O)OC. The maximum absolute atomic E-state index is 12.1. The molecular formula is C10H14N2O4S3. The summed E-state index contributed by atoms with van der Waals surface area (Å²) in [5, 5.41) is 0.610. The molecule has 0 saturated carbocycles. The van der Waals surface area contributed by atoms with Crippen molar-refractivity contribution in [2.75, 3.05) is 11.8 Å². The summed E-state index contributed by atoms with van der Waals surface area (Å²) in [6.07, 6.45) is 0.252. The second-order valence-corrected chi connectivity index (χ2v) is 6.85. The number of hydrogen-bond acceptors (Lipinski definition) is 6. The van der Waals surface area contributed by atoms with E-state index < -0.39 is 21.2 Å². The molecule has 3 N–H and O–H groups in total. The molecule has 1 atom stereocenters. The van der Waals surface area contributed by atoms with Gasteiger partial charge < -0.3 is 10.5 Å². The maximum atomic E-state index is 12.1. The Balaban J connectivity index is 3.06. The first kappa shape index (κ1) is 15.9. The van der Waals surface area contributed by atoms with Gasteiger partial charge in [-0.25, -0.2) is 13.2 Å². The molecule has 1 aromatic rings. The van der Waals surface area contributed by atoms with Crippen molar-refractivity contribution < 1.29 is 17.9 Å². The third kappa shape index (κ3) is 3.64. The van der Waals surface area contributed by atoms with E-state index in [1.807, 2.05) is 0 Å². The summed E-state index contributed by atoms with van der Waals surface area (Å²) in [7, 11) is -2.55. The van der Waals surface area contributed by atoms with Crippen molar-refractivity contribution in [2.24, 2.45) is 5.73 Å². The van der Waals surface area contributed by atoms with Gasteiger partial charge in [0.15, 0.2) is 0 Å². The van der Waals surface area contributed by atoms with Crippen LogP contribution in [0.5, 0.6) is 0 Å². The molecule has 9 heteroatoms. The van der Waals surface area contributed by atoms with Crippen LogP contribution in [0.2, 0.25) is 0 Å². The molecule has 0 bridgehead atoms. The normalized spacial score (nSPS) is 12.7. The lowest BCUT2D eigenvalue weighted by molar-refractivity contribution is 0.0607. The van der Waals surface area contributed by atoms with Gasteiger partial charge in [0.05, 0.1) is 17.8 Å². The van der Waals surface area contributed by atoms with Crippen molar-refractivity contribution in [3.05, 3.63) is 16.3 Å². The van der Waals surface area contributed by atoms with E-state index in [9.17, 15) is 13.2 Å². The van der Waals surface area contributed by atoms with Crippen molar-refractivity contribution in [1.82, 2.24) is 0 Å². The number of nitrogens with two attached hydrogens (primary N) is 1. The number of nitrogens with one attached hydrogen (secondary N) is 1. The molecule has 1 heterocycles. The summed E-state index contributed by atoms with van der Waals surface area (Å²) >= 11 is 5.82. The van der Waals surface area contributed by atoms with Crippen LogP contribution < -0.4 is 10.5 Å². The highest BCUT2D eigenvalue weighted by Crippen LogP contribution is 2.25. The smallest absolute Gasteiger partial charge is 0.350 e. The average molecular weight is 322 g/mol. The summed E-state index contributed by atoms with van der Waals surface area (Å²) in [4.78, 5) is 11.5. The second-order valence-electron chi connectivity index (χ2n) is 3.60. The Bertz CT molecular complexity index is 579. The Kier molecular flexibility index (Phi) is 5.27. The second kappa shape index (κ2) is 6.31. The maximum Gasteiger partial charge on any atom is 0.350 e. The molecule has 19 heavy (non-hydrogen) atoms. The molecule has 0 aliphatic carbocycles. The van der Waals surface area contributed by atoms with E-state index in [4.69, 9.17) is 18.0 Å². The van der Waals surface area contributed by atoms with Crippen LogP contribution >= 0.6 is 23.6 Å². The lowest BCUT2D eigenvalue weighted by Crippen LogP contribution is -2.37. The highest BCUT2D eigenvalue weighted by molar-refractivity contribution is 7.95. The molecule has 0 aliphatic heterocycles. The zero-order chi connectivity index (χ0) is 14.6. The molecule has 0 radical (unpaired) electrons. The Labute approximate surface area is 121 Å². The Hall–Kier alpha value is -1.19. The number of esters is 1. The molecular weight excluding hydrogens is 308 g/mol. The first-order chi connectivity index (χ1) is 8.83. The molecule has 0 amide bonds. The summed E-state index contributed by atoms with van der Waals surface area (Å²) in [5.74, 6) is -0.601. The fraction of sp³-hybridized carbons (Fsp3) is 0.400. The van der Waals surface area contributed by atoms with Gasteiger partial charge in [0.1, 0.15) is 10.1 Å². The van der Waals surface area contributed by atoms with Gasteiger partial charge in [-0.1, -0.05) is 19.1 Å². The summed E-state index contributed by atoms with van der Waals surface area (Å²) in [6, 6.07) is 1.49. The van der Waals surface area contributed by atoms with Gasteiger partial charge in [-0.2, -0.15) is 0 Å². The number of carbonyl (C=O) groups excluding carboxylic acids is 1. The van der Waals surface area contributed by atoms with Crippen molar-refractivity contribution >= 4 is 50.2 Å². The minimum Gasteiger partial charge on any atom is -0.465 e. The monoisotopic (exact) mass is 322 g/mol. The van der Waals surface area contributed by atoms with Crippen molar-refractivity contribution in [1.29, 1.82) is 0 Å². The molecule has 0 aliphatic rings. The van der Waals surface area contributed by atoms with E-state index in [0.29, 0.717) is 0 Å². The fourth-order valence-electron chi connectivity index (χ4n) is 1.44. The Morgan fingerprint density at radius 3 is 2.74 bits per heavy atom. The largest absolute Gasteiger partial charge is 0.465 e. The number of hydrogen-bond donors (Lipinski definition) is 2. The number of thiophene rings is 1. The lowest BCUT2D eigenvalue weighted by atomic mass is 10.3. The lowest BCUT2D eigenvalue weighted by Gasteiger charge is -2.15. The summed E-state index contributed by atoms with van der Waals surface area (Å²) < 4.78 is 31.1. The van der Waals surface area contributed by atoms with E-state index in [2.05, 4.69) is 9.46 Å². The number of carbonyl (C=O) groups is 1. The quantitative estimate of drug-likeness (QED) is 0.606. The van der Waals surface area contributed by atoms with Gasteiger partial charge in [0, 0.05) is 0 Å². The zero-order valence-corrected chi connectivity index (χ0v) is 12.8. The topological polar surface area (TPSA) is 98.5 Å². The highest BCUT2D eigenvalue weighted by Gasteiger charge is 2.28. The van der Waals surface area contributed by atoms with E-state index in [1.165, 1.54) is 13.2 Å². The van der Waals surface area contributed by atoms with E-state index in [0.717, 1.165) is 11.3 Å². The van der Waals surface area contributed by atoms with Gasteiger partial charge >= 0.3 is 5.97 Å². The van der Waals surface area contributed by atoms with Gasteiger partial charge in [0.25, 0.3) is 0 Å². The molecule has 0 saturated heterocycles. The van der Waals surface area contributed by atoms with Crippen LogP contribution in [0.25, 0.3) is 0 Å². The summed E-state index contributed by atoms with van der Waals surface area (Å²) in [6.45, 7) is 1.66. The van der Waals surface area contributed by atoms with Gasteiger partial charge in [-0.3, -0.25) is 4.72 Å².